The molecule has 0 bridgehead atoms. The van der Waals surface area contributed by atoms with Gasteiger partial charge in [-0.2, -0.15) is 9.29 Å². The molecule has 2 aliphatic heterocycles. The zero-order chi connectivity index (χ0) is 27.0. The average Bonchev–Trinajstić information content (AvgIpc) is 3.06. The third kappa shape index (κ3) is 6.54. The van der Waals surface area contributed by atoms with Gasteiger partial charge < -0.3 is 55.6 Å². The molecule has 2 aliphatic rings. The van der Waals surface area contributed by atoms with Crippen LogP contribution in [-0.2, 0) is 32.0 Å². The van der Waals surface area contributed by atoms with Gasteiger partial charge in [0, 0.05) is 6.20 Å². The summed E-state index contributed by atoms with van der Waals surface area (Å²) in [6.07, 6.45) is -15.0. The second-order valence-corrected chi connectivity index (χ2v) is 10.7. The smallest absolute Gasteiger partial charge is 0.394 e. The molecule has 206 valence electrons. The second-order valence-electron chi connectivity index (χ2n) is 7.71. The summed E-state index contributed by atoms with van der Waals surface area (Å²) in [4.78, 5) is 35.0. The normalized spacial score (nSPS) is 38.4. The topological polar surface area (TPSA) is 303 Å². The molecule has 2 unspecified atom stereocenters. The fraction of sp³-hybridized carbons (Fsp3) is 0.733. The number of aliphatic hydroxyl groups is 6. The quantitative estimate of drug-likeness (QED) is 0.127. The van der Waals surface area contributed by atoms with E-state index >= 15 is 0 Å². The number of phosphoric ester groups is 2. The van der Waals surface area contributed by atoms with Gasteiger partial charge in [0.25, 0.3) is 0 Å². The van der Waals surface area contributed by atoms with Crippen molar-refractivity contribution in [2.45, 2.75) is 55.2 Å². The van der Waals surface area contributed by atoms with Gasteiger partial charge in [-0.15, -0.1) is 0 Å². The number of nitrogen functional groups attached to an aromatic ring is 1. The molecular weight excluding hydrogens is 540 g/mol. The maximum Gasteiger partial charge on any atom is 0.483 e. The Labute approximate surface area is 201 Å². The number of aromatic nitrogens is 2. The van der Waals surface area contributed by atoms with E-state index in [4.69, 9.17) is 20.3 Å². The van der Waals surface area contributed by atoms with Crippen LogP contribution in [0.25, 0.3) is 0 Å². The van der Waals surface area contributed by atoms with Gasteiger partial charge in [-0.25, -0.2) is 13.9 Å². The van der Waals surface area contributed by atoms with E-state index in [0.29, 0.717) is 0 Å². The fourth-order valence-corrected chi connectivity index (χ4v) is 5.50. The standard InChI is InChI=1S/C15H25N3O16P2/c16-7-1-2-18(15(25)17-7)13-11(23)9(21)6(31-13)4-30-35(26,27)34-36(28,29)33-14-12(24)10(22)8(20)5(3-19)32-14/h1-2,5-6,8-14,19-24H,3-4H2,(H,26,27)(H,28,29)(H2,16,17,25)/t5-,6-,8-,9-,10+,11-,12-,13-,14-/m1/s1. The van der Waals surface area contributed by atoms with Gasteiger partial charge in [-0.05, 0) is 6.07 Å². The number of ether oxygens (including phenoxy) is 2. The zero-order valence-corrected chi connectivity index (χ0v) is 19.8. The van der Waals surface area contributed by atoms with Crippen LogP contribution in [0.2, 0.25) is 0 Å². The van der Waals surface area contributed by atoms with Crippen molar-refractivity contribution in [1.82, 2.24) is 9.55 Å². The lowest BCUT2D eigenvalue weighted by molar-refractivity contribution is -0.280. The summed E-state index contributed by atoms with van der Waals surface area (Å²) in [6, 6.07) is 1.21. The number of aliphatic hydroxyl groups excluding tert-OH is 6. The Morgan fingerprint density at radius 2 is 1.61 bits per heavy atom. The third-order valence-electron chi connectivity index (χ3n) is 5.16. The molecule has 0 amide bonds. The van der Waals surface area contributed by atoms with Crippen molar-refractivity contribution < 1.29 is 72.4 Å². The van der Waals surface area contributed by atoms with Gasteiger partial charge in [0.15, 0.2) is 12.5 Å². The van der Waals surface area contributed by atoms with Gasteiger partial charge in [0.05, 0.1) is 13.2 Å². The molecule has 0 radical (unpaired) electrons. The predicted octanol–water partition coefficient (Wildman–Crippen LogP) is -4.50. The van der Waals surface area contributed by atoms with E-state index in [9.17, 15) is 49.2 Å². The van der Waals surface area contributed by atoms with E-state index in [-0.39, 0.29) is 5.82 Å². The molecule has 0 aliphatic carbocycles. The Morgan fingerprint density at radius 1 is 0.972 bits per heavy atom. The highest BCUT2D eigenvalue weighted by molar-refractivity contribution is 7.61. The molecule has 10 N–H and O–H groups in total. The Morgan fingerprint density at radius 3 is 2.22 bits per heavy atom. The maximum atomic E-state index is 12.2. The van der Waals surface area contributed by atoms with Gasteiger partial charge in [0.1, 0.15) is 48.5 Å². The monoisotopic (exact) mass is 565 g/mol. The van der Waals surface area contributed by atoms with Crippen LogP contribution in [0.5, 0.6) is 0 Å². The van der Waals surface area contributed by atoms with E-state index in [1.807, 2.05) is 0 Å². The number of phosphoric acid groups is 2. The lowest BCUT2D eigenvalue weighted by atomic mass is 10.00. The maximum absolute atomic E-state index is 12.2. The predicted molar refractivity (Wildman–Crippen MR) is 110 cm³/mol. The molecule has 2 fully saturated rings. The Kier molecular flexibility index (Phi) is 9.05. The SMILES string of the molecule is Nc1ccn([C@@H]2O[C@H](COP(=O)(O)OP(=O)(O)O[C@H]3O[C@H](CO)[C@@H](O)[C@H](O)[C@H]3O)[C@@H](O)[C@H]2O)c(=O)n1. The third-order valence-corrected chi connectivity index (χ3v) is 7.76. The van der Waals surface area contributed by atoms with Crippen LogP contribution < -0.4 is 11.4 Å². The summed E-state index contributed by atoms with van der Waals surface area (Å²) >= 11 is 0. The molecule has 36 heavy (non-hydrogen) atoms. The summed E-state index contributed by atoms with van der Waals surface area (Å²) in [5.74, 6) is -0.123. The molecule has 19 nitrogen and oxygen atoms in total. The molecular formula is C15H25N3O16P2. The molecule has 1 aromatic rings. The Bertz CT molecular complexity index is 1070. The Hall–Kier alpha value is -1.38. The molecule has 0 aromatic carbocycles. The molecule has 2 saturated heterocycles. The number of rotatable bonds is 9. The highest BCUT2D eigenvalue weighted by Gasteiger charge is 2.49. The van der Waals surface area contributed by atoms with Crippen LogP contribution in [0, 0.1) is 0 Å². The number of hydrogen-bond donors (Lipinski definition) is 9. The lowest BCUT2D eigenvalue weighted by Crippen LogP contribution is -2.58. The van der Waals surface area contributed by atoms with Gasteiger partial charge in [-0.3, -0.25) is 13.6 Å². The van der Waals surface area contributed by atoms with Crippen LogP contribution in [0.4, 0.5) is 5.82 Å². The first-order chi connectivity index (χ1) is 16.7. The minimum absolute atomic E-state index is 0.123. The Balaban J connectivity index is 1.61. The van der Waals surface area contributed by atoms with E-state index in [1.54, 1.807) is 0 Å². The van der Waals surface area contributed by atoms with Crippen molar-refractivity contribution in [2.24, 2.45) is 0 Å². The van der Waals surface area contributed by atoms with E-state index in [0.717, 1.165) is 10.8 Å². The lowest BCUT2D eigenvalue weighted by Gasteiger charge is -2.39. The first kappa shape index (κ1) is 29.2. The first-order valence-electron chi connectivity index (χ1n) is 10.0. The van der Waals surface area contributed by atoms with Crippen molar-refractivity contribution in [3.63, 3.8) is 0 Å². The first-order valence-corrected chi connectivity index (χ1v) is 13.0. The highest BCUT2D eigenvalue weighted by atomic mass is 31.3. The molecule has 3 rings (SSSR count). The van der Waals surface area contributed by atoms with Crippen molar-refractivity contribution in [3.8, 4) is 0 Å². The van der Waals surface area contributed by atoms with Crippen molar-refractivity contribution in [2.75, 3.05) is 18.9 Å². The largest absolute Gasteiger partial charge is 0.483 e. The average molecular weight is 565 g/mol. The second kappa shape index (κ2) is 11.2. The van der Waals surface area contributed by atoms with Crippen LogP contribution in [0.1, 0.15) is 6.23 Å². The van der Waals surface area contributed by atoms with E-state index in [1.165, 1.54) is 6.07 Å². The van der Waals surface area contributed by atoms with Crippen LogP contribution in [-0.4, -0.2) is 112 Å². The molecule has 0 saturated carbocycles. The number of nitrogens with zero attached hydrogens (tertiary/aromatic N) is 2. The van der Waals surface area contributed by atoms with Crippen molar-refractivity contribution >= 4 is 21.5 Å². The summed E-state index contributed by atoms with van der Waals surface area (Å²) < 4.78 is 48.3. The van der Waals surface area contributed by atoms with Crippen molar-refractivity contribution in [1.29, 1.82) is 0 Å². The molecule has 21 heteroatoms. The van der Waals surface area contributed by atoms with Gasteiger partial charge in [-0.1, -0.05) is 0 Å². The summed E-state index contributed by atoms with van der Waals surface area (Å²) in [5.41, 5.74) is 4.44. The summed E-state index contributed by atoms with van der Waals surface area (Å²) in [5, 5.41) is 58.7. The van der Waals surface area contributed by atoms with Gasteiger partial charge >= 0.3 is 21.3 Å². The molecule has 11 atom stereocenters. The number of anilines is 1. The minimum atomic E-state index is -5.58. The summed E-state index contributed by atoms with van der Waals surface area (Å²) in [7, 11) is -11.0. The zero-order valence-electron chi connectivity index (χ0n) is 18.0. The van der Waals surface area contributed by atoms with Crippen LogP contribution >= 0.6 is 15.6 Å². The van der Waals surface area contributed by atoms with Gasteiger partial charge in [0.2, 0.25) is 0 Å². The number of nitrogens with two attached hydrogens (primary N) is 1. The summed E-state index contributed by atoms with van der Waals surface area (Å²) in [6.45, 7) is -1.89. The van der Waals surface area contributed by atoms with Crippen LogP contribution in [0.3, 0.4) is 0 Å². The molecule has 0 spiro atoms. The molecule has 1 aromatic heterocycles. The highest BCUT2D eigenvalue weighted by Crippen LogP contribution is 2.61. The minimum Gasteiger partial charge on any atom is -0.394 e. The van der Waals surface area contributed by atoms with E-state index < -0.39 is 89.8 Å². The van der Waals surface area contributed by atoms with E-state index in [2.05, 4.69) is 18.3 Å². The number of hydrogen-bond acceptors (Lipinski definition) is 16. The van der Waals surface area contributed by atoms with Crippen LogP contribution in [0.15, 0.2) is 17.1 Å². The fourth-order valence-electron chi connectivity index (χ4n) is 3.34. The molecule has 3 heterocycles. The van der Waals surface area contributed by atoms with Crippen molar-refractivity contribution in [3.05, 3.63) is 22.7 Å².